The van der Waals surface area contributed by atoms with Crippen molar-refractivity contribution < 1.29 is 5.11 Å². The van der Waals surface area contributed by atoms with Crippen LogP contribution in [0.2, 0.25) is 0 Å². The third-order valence-electron chi connectivity index (χ3n) is 5.19. The Morgan fingerprint density at radius 2 is 1.95 bits per heavy atom. The van der Waals surface area contributed by atoms with Gasteiger partial charge in [-0.15, -0.1) is 0 Å². The number of rotatable bonds is 2. The summed E-state index contributed by atoms with van der Waals surface area (Å²) in [5.41, 5.74) is 0.764. The molecule has 0 aromatic heterocycles. The van der Waals surface area contributed by atoms with Crippen molar-refractivity contribution in [2.45, 2.75) is 37.3 Å². The number of nitrogens with zero attached hydrogens (tertiary/aromatic N) is 1. The topological polar surface area (TPSA) is 23.5 Å². The van der Waals surface area contributed by atoms with E-state index in [1.807, 2.05) is 0 Å². The van der Waals surface area contributed by atoms with Crippen LogP contribution in [0.5, 0.6) is 0 Å². The van der Waals surface area contributed by atoms with E-state index in [0.29, 0.717) is 6.04 Å². The molecule has 20 heavy (non-hydrogen) atoms. The zero-order valence-corrected chi connectivity index (χ0v) is 11.8. The van der Waals surface area contributed by atoms with Crippen LogP contribution in [-0.4, -0.2) is 34.7 Å². The van der Waals surface area contributed by atoms with Crippen molar-refractivity contribution in [1.82, 2.24) is 4.90 Å². The summed E-state index contributed by atoms with van der Waals surface area (Å²) in [6, 6.07) is 15.3. The molecule has 2 atom stereocenters. The molecule has 2 aliphatic heterocycles. The summed E-state index contributed by atoms with van der Waals surface area (Å²) in [7, 11) is 0. The highest BCUT2D eigenvalue weighted by Crippen LogP contribution is 2.39. The maximum absolute atomic E-state index is 11.1. The van der Waals surface area contributed by atoms with Crippen molar-refractivity contribution in [1.29, 1.82) is 0 Å². The molecule has 1 N–H and O–H groups in total. The highest BCUT2D eigenvalue weighted by Gasteiger charge is 2.47. The van der Waals surface area contributed by atoms with Gasteiger partial charge in [0.2, 0.25) is 0 Å². The van der Waals surface area contributed by atoms with E-state index >= 15 is 0 Å². The fourth-order valence-corrected chi connectivity index (χ4v) is 4.19. The lowest BCUT2D eigenvalue weighted by molar-refractivity contribution is 0.0144. The van der Waals surface area contributed by atoms with Crippen LogP contribution in [0.15, 0.2) is 42.5 Å². The first-order valence-corrected chi connectivity index (χ1v) is 7.69. The van der Waals surface area contributed by atoms with Gasteiger partial charge in [0.25, 0.3) is 0 Å². The van der Waals surface area contributed by atoms with Gasteiger partial charge in [0, 0.05) is 19.0 Å². The molecule has 2 aromatic rings. The molecule has 0 spiro atoms. The molecule has 2 saturated heterocycles. The molecule has 0 bridgehead atoms. The average Bonchev–Trinajstić information content (AvgIpc) is 3.05. The molecule has 2 nitrogen and oxygen atoms in total. The van der Waals surface area contributed by atoms with Gasteiger partial charge in [-0.1, -0.05) is 42.5 Å². The van der Waals surface area contributed by atoms with Crippen LogP contribution in [-0.2, 0) is 6.42 Å². The van der Waals surface area contributed by atoms with E-state index < -0.39 is 5.60 Å². The quantitative estimate of drug-likeness (QED) is 0.904. The highest BCUT2D eigenvalue weighted by molar-refractivity contribution is 5.85. The number of hydrogen-bond donors (Lipinski definition) is 1. The van der Waals surface area contributed by atoms with Crippen LogP contribution in [0.25, 0.3) is 10.8 Å². The van der Waals surface area contributed by atoms with Gasteiger partial charge >= 0.3 is 0 Å². The molecule has 2 fully saturated rings. The normalized spacial score (nSPS) is 29.9. The fourth-order valence-electron chi connectivity index (χ4n) is 4.19. The van der Waals surface area contributed by atoms with Crippen LogP contribution in [0.1, 0.15) is 24.8 Å². The SMILES string of the molecule is OC1(Cc2cccc3ccccc23)CCN2CCCC21. The van der Waals surface area contributed by atoms with Gasteiger partial charge in [-0.2, -0.15) is 0 Å². The van der Waals surface area contributed by atoms with Crippen molar-refractivity contribution in [3.8, 4) is 0 Å². The van der Waals surface area contributed by atoms with Crippen LogP contribution in [0.3, 0.4) is 0 Å². The van der Waals surface area contributed by atoms with Crippen molar-refractivity contribution in [3.05, 3.63) is 48.0 Å². The molecule has 104 valence electrons. The van der Waals surface area contributed by atoms with Crippen LogP contribution >= 0.6 is 0 Å². The summed E-state index contributed by atoms with van der Waals surface area (Å²) in [5, 5.41) is 13.7. The smallest absolute Gasteiger partial charge is 0.0854 e. The van der Waals surface area contributed by atoms with E-state index in [1.165, 1.54) is 29.3 Å². The molecule has 2 unspecified atom stereocenters. The summed E-state index contributed by atoms with van der Waals surface area (Å²) in [5.74, 6) is 0. The second kappa shape index (κ2) is 4.57. The van der Waals surface area contributed by atoms with E-state index in [1.54, 1.807) is 0 Å². The Balaban J connectivity index is 1.71. The molecule has 0 radical (unpaired) electrons. The third kappa shape index (κ3) is 1.87. The van der Waals surface area contributed by atoms with E-state index in [9.17, 15) is 5.11 Å². The van der Waals surface area contributed by atoms with Crippen LogP contribution in [0, 0.1) is 0 Å². The first-order valence-electron chi connectivity index (χ1n) is 7.69. The number of fused-ring (bicyclic) bond motifs is 2. The second-order valence-electron chi connectivity index (χ2n) is 6.36. The van der Waals surface area contributed by atoms with Gasteiger partial charge in [-0.25, -0.2) is 0 Å². The minimum Gasteiger partial charge on any atom is -0.388 e. The Morgan fingerprint density at radius 1 is 1.10 bits per heavy atom. The molecule has 2 heteroatoms. The lowest BCUT2D eigenvalue weighted by atomic mass is 9.85. The molecule has 0 saturated carbocycles. The number of hydrogen-bond acceptors (Lipinski definition) is 2. The minimum absolute atomic E-state index is 0.376. The summed E-state index contributed by atoms with van der Waals surface area (Å²) in [6.45, 7) is 2.23. The molecular formula is C18H21NO. The minimum atomic E-state index is -0.527. The molecule has 0 aliphatic carbocycles. The maximum atomic E-state index is 11.1. The Morgan fingerprint density at radius 3 is 2.90 bits per heavy atom. The lowest BCUT2D eigenvalue weighted by Crippen LogP contribution is -2.43. The Kier molecular flexibility index (Phi) is 2.83. The van der Waals surface area contributed by atoms with E-state index in [-0.39, 0.29) is 0 Å². The van der Waals surface area contributed by atoms with Crippen molar-refractivity contribution in [3.63, 3.8) is 0 Å². The Bertz CT molecular complexity index is 633. The summed E-state index contributed by atoms with van der Waals surface area (Å²) in [6.07, 6.45) is 4.10. The second-order valence-corrected chi connectivity index (χ2v) is 6.36. The van der Waals surface area contributed by atoms with E-state index in [2.05, 4.69) is 47.4 Å². The monoisotopic (exact) mass is 267 g/mol. The molecule has 0 amide bonds. The van der Waals surface area contributed by atoms with Crippen molar-refractivity contribution >= 4 is 10.8 Å². The third-order valence-corrected chi connectivity index (χ3v) is 5.19. The first-order chi connectivity index (χ1) is 9.76. The fraction of sp³-hybridized carbons (Fsp3) is 0.444. The lowest BCUT2D eigenvalue weighted by Gasteiger charge is -2.30. The Hall–Kier alpha value is -1.38. The van der Waals surface area contributed by atoms with E-state index in [0.717, 1.165) is 25.8 Å². The average molecular weight is 267 g/mol. The number of aliphatic hydroxyl groups is 1. The molecule has 2 heterocycles. The summed E-state index contributed by atoms with van der Waals surface area (Å²) >= 11 is 0. The summed E-state index contributed by atoms with van der Waals surface area (Å²) in [4.78, 5) is 2.48. The molecule has 4 rings (SSSR count). The van der Waals surface area contributed by atoms with E-state index in [4.69, 9.17) is 0 Å². The molecular weight excluding hydrogens is 246 g/mol. The van der Waals surface area contributed by atoms with Gasteiger partial charge in [-0.3, -0.25) is 4.90 Å². The van der Waals surface area contributed by atoms with Crippen LogP contribution in [0.4, 0.5) is 0 Å². The molecule has 2 aromatic carbocycles. The number of benzene rings is 2. The standard InChI is InChI=1S/C18H21NO/c20-18(10-12-19-11-4-9-17(18)19)13-15-7-3-6-14-5-1-2-8-16(14)15/h1-3,5-8,17,20H,4,9-13H2. The summed E-state index contributed by atoms with van der Waals surface area (Å²) < 4.78 is 0. The van der Waals surface area contributed by atoms with Crippen molar-refractivity contribution in [2.75, 3.05) is 13.1 Å². The Labute approximate surface area is 120 Å². The van der Waals surface area contributed by atoms with Gasteiger partial charge in [0.05, 0.1) is 5.60 Å². The largest absolute Gasteiger partial charge is 0.388 e. The zero-order chi connectivity index (χ0) is 13.6. The maximum Gasteiger partial charge on any atom is 0.0854 e. The van der Waals surface area contributed by atoms with Gasteiger partial charge < -0.3 is 5.11 Å². The van der Waals surface area contributed by atoms with Crippen molar-refractivity contribution in [2.24, 2.45) is 0 Å². The first kappa shape index (κ1) is 12.4. The van der Waals surface area contributed by atoms with Gasteiger partial charge in [-0.05, 0) is 42.1 Å². The predicted molar refractivity (Wildman–Crippen MR) is 81.8 cm³/mol. The highest BCUT2D eigenvalue weighted by atomic mass is 16.3. The van der Waals surface area contributed by atoms with Crippen LogP contribution < -0.4 is 0 Å². The molecule has 2 aliphatic rings. The predicted octanol–water partition coefficient (Wildman–Crippen LogP) is 2.98. The zero-order valence-electron chi connectivity index (χ0n) is 11.8. The van der Waals surface area contributed by atoms with Gasteiger partial charge in [0.15, 0.2) is 0 Å². The van der Waals surface area contributed by atoms with Gasteiger partial charge in [0.1, 0.15) is 0 Å².